The van der Waals surface area contributed by atoms with Crippen molar-refractivity contribution in [3.63, 3.8) is 0 Å². The van der Waals surface area contributed by atoms with Crippen molar-refractivity contribution < 1.29 is 4.79 Å². The number of rotatable bonds is 4. The Morgan fingerprint density at radius 2 is 2.23 bits per heavy atom. The molecule has 3 rings (SSSR count). The van der Waals surface area contributed by atoms with Crippen molar-refractivity contribution in [3.05, 3.63) is 29.3 Å². The monoisotopic (exact) mass is 317 g/mol. The standard InChI is InChI=1S/C17H23N3OS/c1-13-7-5-6-10-20(13)17(21)12-19(2)11-16-18-14-8-3-4-9-15(14)22-16/h3-4,8-9,13H,5-7,10-12H2,1-2H3. The summed E-state index contributed by atoms with van der Waals surface area (Å²) in [4.78, 5) is 21.2. The summed E-state index contributed by atoms with van der Waals surface area (Å²) >= 11 is 1.71. The molecule has 2 heterocycles. The molecule has 1 aromatic carbocycles. The molecule has 1 aliphatic heterocycles. The van der Waals surface area contributed by atoms with Gasteiger partial charge in [0.2, 0.25) is 5.91 Å². The molecule has 1 aromatic heterocycles. The SMILES string of the molecule is CC1CCCCN1C(=O)CN(C)Cc1nc2ccccc2s1. The van der Waals surface area contributed by atoms with Gasteiger partial charge in [-0.2, -0.15) is 0 Å². The molecule has 0 bridgehead atoms. The molecular weight excluding hydrogens is 294 g/mol. The first-order valence-corrected chi connectivity index (χ1v) is 8.77. The zero-order valence-electron chi connectivity index (χ0n) is 13.3. The van der Waals surface area contributed by atoms with Gasteiger partial charge < -0.3 is 4.90 Å². The lowest BCUT2D eigenvalue weighted by Crippen LogP contribution is -2.46. The van der Waals surface area contributed by atoms with Crippen LogP contribution in [0.4, 0.5) is 0 Å². The number of thiazole rings is 1. The number of likely N-dealkylation sites (N-methyl/N-ethyl adjacent to an activating group) is 1. The van der Waals surface area contributed by atoms with Gasteiger partial charge in [0.05, 0.1) is 23.3 Å². The summed E-state index contributed by atoms with van der Waals surface area (Å²) in [6.45, 7) is 4.27. The van der Waals surface area contributed by atoms with Gasteiger partial charge in [-0.05, 0) is 45.4 Å². The maximum absolute atomic E-state index is 12.4. The zero-order chi connectivity index (χ0) is 15.5. The van der Waals surface area contributed by atoms with Crippen LogP contribution < -0.4 is 0 Å². The van der Waals surface area contributed by atoms with Crippen LogP contribution in [0.25, 0.3) is 10.2 Å². The van der Waals surface area contributed by atoms with E-state index in [0.717, 1.165) is 36.5 Å². The molecule has 22 heavy (non-hydrogen) atoms. The second kappa shape index (κ2) is 6.75. The summed E-state index contributed by atoms with van der Waals surface area (Å²) in [5.41, 5.74) is 1.05. The van der Waals surface area contributed by atoms with Gasteiger partial charge in [-0.3, -0.25) is 9.69 Å². The van der Waals surface area contributed by atoms with Crippen LogP contribution in [0.2, 0.25) is 0 Å². The number of carbonyl (C=O) groups excluding carboxylic acids is 1. The minimum atomic E-state index is 0.246. The molecule has 0 saturated carbocycles. The van der Waals surface area contributed by atoms with Crippen molar-refractivity contribution in [2.45, 2.75) is 38.8 Å². The summed E-state index contributed by atoms with van der Waals surface area (Å²) in [6, 6.07) is 8.57. The number of carbonyl (C=O) groups is 1. The lowest BCUT2D eigenvalue weighted by molar-refractivity contribution is -0.135. The molecule has 4 nitrogen and oxygen atoms in total. The van der Waals surface area contributed by atoms with Crippen LogP contribution in [0, 0.1) is 0 Å². The number of hydrogen-bond acceptors (Lipinski definition) is 4. The van der Waals surface area contributed by atoms with Gasteiger partial charge in [0.25, 0.3) is 0 Å². The molecule has 1 fully saturated rings. The average molecular weight is 317 g/mol. The molecule has 1 unspecified atom stereocenters. The maximum Gasteiger partial charge on any atom is 0.236 e. The number of nitrogens with zero attached hydrogens (tertiary/aromatic N) is 3. The molecule has 1 saturated heterocycles. The largest absolute Gasteiger partial charge is 0.339 e. The van der Waals surface area contributed by atoms with Crippen molar-refractivity contribution >= 4 is 27.5 Å². The van der Waals surface area contributed by atoms with Gasteiger partial charge in [0, 0.05) is 12.6 Å². The number of hydrogen-bond donors (Lipinski definition) is 0. The van der Waals surface area contributed by atoms with Crippen LogP contribution in [0.5, 0.6) is 0 Å². The summed E-state index contributed by atoms with van der Waals surface area (Å²) in [5.74, 6) is 0.246. The Labute approximate surface area is 135 Å². The van der Waals surface area contributed by atoms with Gasteiger partial charge in [-0.1, -0.05) is 12.1 Å². The second-order valence-corrected chi connectivity index (χ2v) is 7.29. The molecule has 118 valence electrons. The predicted octanol–water partition coefficient (Wildman–Crippen LogP) is 3.13. The number of benzene rings is 1. The van der Waals surface area contributed by atoms with Gasteiger partial charge in [-0.15, -0.1) is 11.3 Å². The van der Waals surface area contributed by atoms with Crippen molar-refractivity contribution in [2.75, 3.05) is 20.1 Å². The number of aromatic nitrogens is 1. The fourth-order valence-corrected chi connectivity index (χ4v) is 4.11. The van der Waals surface area contributed by atoms with Crippen LogP contribution >= 0.6 is 11.3 Å². The third-order valence-corrected chi connectivity index (χ3v) is 5.29. The predicted molar refractivity (Wildman–Crippen MR) is 91.0 cm³/mol. The number of amides is 1. The Hall–Kier alpha value is -1.46. The molecular formula is C17H23N3OS. The van der Waals surface area contributed by atoms with E-state index in [0.29, 0.717) is 12.6 Å². The van der Waals surface area contributed by atoms with Crippen LogP contribution in [0.3, 0.4) is 0 Å². The highest BCUT2D eigenvalue weighted by molar-refractivity contribution is 7.18. The highest BCUT2D eigenvalue weighted by atomic mass is 32.1. The van der Waals surface area contributed by atoms with Gasteiger partial charge in [0.1, 0.15) is 5.01 Å². The Morgan fingerprint density at radius 1 is 1.41 bits per heavy atom. The van der Waals surface area contributed by atoms with E-state index in [9.17, 15) is 4.79 Å². The van der Waals surface area contributed by atoms with Gasteiger partial charge >= 0.3 is 0 Å². The second-order valence-electron chi connectivity index (χ2n) is 6.18. The van der Waals surface area contributed by atoms with E-state index in [1.807, 2.05) is 30.1 Å². The molecule has 0 spiro atoms. The van der Waals surface area contributed by atoms with Crippen molar-refractivity contribution in [1.29, 1.82) is 0 Å². The van der Waals surface area contributed by atoms with Crippen LogP contribution in [0.15, 0.2) is 24.3 Å². The maximum atomic E-state index is 12.4. The molecule has 1 atom stereocenters. The van der Waals surface area contributed by atoms with E-state index in [2.05, 4.69) is 22.9 Å². The number of piperidine rings is 1. The topological polar surface area (TPSA) is 36.4 Å². The summed E-state index contributed by atoms with van der Waals surface area (Å²) in [7, 11) is 2.00. The fraction of sp³-hybridized carbons (Fsp3) is 0.529. The van der Waals surface area contributed by atoms with E-state index in [1.54, 1.807) is 11.3 Å². The molecule has 1 aliphatic rings. The Morgan fingerprint density at radius 3 is 3.00 bits per heavy atom. The highest BCUT2D eigenvalue weighted by Crippen LogP contribution is 2.22. The van der Waals surface area contributed by atoms with E-state index in [1.165, 1.54) is 11.1 Å². The number of likely N-dealkylation sites (tertiary alicyclic amines) is 1. The fourth-order valence-electron chi connectivity index (χ4n) is 3.06. The quantitative estimate of drug-likeness (QED) is 0.869. The van der Waals surface area contributed by atoms with E-state index in [-0.39, 0.29) is 5.91 Å². The van der Waals surface area contributed by atoms with Crippen LogP contribution in [0.1, 0.15) is 31.2 Å². The first-order chi connectivity index (χ1) is 10.6. The van der Waals surface area contributed by atoms with E-state index in [4.69, 9.17) is 0 Å². The van der Waals surface area contributed by atoms with Gasteiger partial charge in [0.15, 0.2) is 0 Å². The minimum absolute atomic E-state index is 0.246. The van der Waals surface area contributed by atoms with Crippen LogP contribution in [-0.4, -0.2) is 46.9 Å². The van der Waals surface area contributed by atoms with E-state index < -0.39 is 0 Å². The third-order valence-electron chi connectivity index (χ3n) is 4.27. The molecule has 0 radical (unpaired) electrons. The Balaban J connectivity index is 1.59. The Bertz CT molecular complexity index is 621. The molecule has 0 N–H and O–H groups in total. The van der Waals surface area contributed by atoms with E-state index >= 15 is 0 Å². The van der Waals surface area contributed by atoms with Crippen molar-refractivity contribution in [2.24, 2.45) is 0 Å². The first-order valence-electron chi connectivity index (χ1n) is 7.96. The summed E-state index contributed by atoms with van der Waals surface area (Å²) in [5, 5.41) is 1.07. The summed E-state index contributed by atoms with van der Waals surface area (Å²) in [6.07, 6.45) is 3.51. The van der Waals surface area contributed by atoms with Crippen LogP contribution in [-0.2, 0) is 11.3 Å². The molecule has 1 amide bonds. The molecule has 0 aliphatic carbocycles. The Kier molecular flexibility index (Phi) is 4.74. The minimum Gasteiger partial charge on any atom is -0.339 e. The van der Waals surface area contributed by atoms with Crippen molar-refractivity contribution in [3.8, 4) is 0 Å². The molecule has 2 aromatic rings. The lowest BCUT2D eigenvalue weighted by atomic mass is 10.0. The molecule has 5 heteroatoms. The third kappa shape index (κ3) is 3.47. The van der Waals surface area contributed by atoms with Gasteiger partial charge in [-0.25, -0.2) is 4.98 Å². The summed E-state index contributed by atoms with van der Waals surface area (Å²) < 4.78 is 1.21. The number of para-hydroxylation sites is 1. The normalized spacial score (nSPS) is 19.0. The first kappa shape index (κ1) is 15.4. The highest BCUT2D eigenvalue weighted by Gasteiger charge is 2.23. The average Bonchev–Trinajstić information content (AvgIpc) is 2.89. The zero-order valence-corrected chi connectivity index (χ0v) is 14.1. The van der Waals surface area contributed by atoms with Crippen molar-refractivity contribution in [1.82, 2.24) is 14.8 Å². The number of fused-ring (bicyclic) bond motifs is 1. The smallest absolute Gasteiger partial charge is 0.236 e. The lowest BCUT2D eigenvalue weighted by Gasteiger charge is -2.34.